The van der Waals surface area contributed by atoms with Gasteiger partial charge in [0.1, 0.15) is 0 Å². The van der Waals surface area contributed by atoms with Gasteiger partial charge >= 0.3 is 0 Å². The van der Waals surface area contributed by atoms with Crippen molar-refractivity contribution in [2.75, 3.05) is 5.32 Å². The van der Waals surface area contributed by atoms with Crippen molar-refractivity contribution in [3.8, 4) is 11.1 Å². The molecule has 0 saturated heterocycles. The van der Waals surface area contributed by atoms with Crippen LogP contribution in [0.1, 0.15) is 32.1 Å². The van der Waals surface area contributed by atoms with Crippen molar-refractivity contribution in [2.24, 2.45) is 0 Å². The summed E-state index contributed by atoms with van der Waals surface area (Å²) >= 11 is 0. The van der Waals surface area contributed by atoms with Gasteiger partial charge < -0.3 is 10.4 Å². The molecule has 2 aromatic rings. The van der Waals surface area contributed by atoms with E-state index in [4.69, 9.17) is 0 Å². The molecule has 3 N–H and O–H groups in total. The maximum atomic E-state index is 12.1. The van der Waals surface area contributed by atoms with Crippen molar-refractivity contribution in [2.45, 2.75) is 37.7 Å². The molecule has 0 atom stereocenters. The van der Waals surface area contributed by atoms with Crippen molar-refractivity contribution in [1.82, 2.24) is 10.2 Å². The van der Waals surface area contributed by atoms with Crippen LogP contribution < -0.4 is 5.32 Å². The van der Waals surface area contributed by atoms with Crippen molar-refractivity contribution < 1.29 is 9.90 Å². The molecule has 1 aliphatic rings. The minimum atomic E-state index is -0.813. The van der Waals surface area contributed by atoms with Crippen LogP contribution in [0.25, 0.3) is 11.1 Å². The summed E-state index contributed by atoms with van der Waals surface area (Å²) in [6, 6.07) is 7.61. The zero-order chi connectivity index (χ0) is 14.7. The van der Waals surface area contributed by atoms with Crippen LogP contribution in [0.2, 0.25) is 0 Å². The van der Waals surface area contributed by atoms with Crippen LogP contribution in [0.15, 0.2) is 36.7 Å². The van der Waals surface area contributed by atoms with Gasteiger partial charge in [-0.1, -0.05) is 25.0 Å². The SMILES string of the molecule is O=C(CC1(O)CCCC1)Nc1cccc(-c2cn[nH]c2)c1. The second-order valence-electron chi connectivity index (χ2n) is 5.72. The topological polar surface area (TPSA) is 78.0 Å². The maximum Gasteiger partial charge on any atom is 0.227 e. The Morgan fingerprint density at radius 2 is 2.14 bits per heavy atom. The third kappa shape index (κ3) is 3.31. The second-order valence-corrected chi connectivity index (χ2v) is 5.72. The number of rotatable bonds is 4. The Hall–Kier alpha value is -2.14. The lowest BCUT2D eigenvalue weighted by Gasteiger charge is -2.21. The van der Waals surface area contributed by atoms with Gasteiger partial charge in [0.25, 0.3) is 0 Å². The largest absolute Gasteiger partial charge is 0.389 e. The number of H-pyrrole nitrogens is 1. The first-order valence-corrected chi connectivity index (χ1v) is 7.26. The minimum Gasteiger partial charge on any atom is -0.389 e. The highest BCUT2D eigenvalue weighted by atomic mass is 16.3. The normalized spacial score (nSPS) is 16.8. The van der Waals surface area contributed by atoms with Crippen molar-refractivity contribution in [3.05, 3.63) is 36.7 Å². The van der Waals surface area contributed by atoms with Crippen molar-refractivity contribution in [1.29, 1.82) is 0 Å². The van der Waals surface area contributed by atoms with Gasteiger partial charge in [0.05, 0.1) is 18.2 Å². The minimum absolute atomic E-state index is 0.135. The molecule has 0 radical (unpaired) electrons. The van der Waals surface area contributed by atoms with Crippen LogP contribution in [0.5, 0.6) is 0 Å². The number of carbonyl (C=O) groups excluding carboxylic acids is 1. The van der Waals surface area contributed by atoms with E-state index in [1.165, 1.54) is 0 Å². The molecule has 1 aromatic carbocycles. The Morgan fingerprint density at radius 1 is 1.33 bits per heavy atom. The monoisotopic (exact) mass is 285 g/mol. The molecule has 1 amide bonds. The first-order valence-electron chi connectivity index (χ1n) is 7.26. The number of aromatic nitrogens is 2. The lowest BCUT2D eigenvalue weighted by atomic mass is 9.97. The molecule has 0 bridgehead atoms. The Kier molecular flexibility index (Phi) is 3.75. The van der Waals surface area contributed by atoms with Crippen LogP contribution in [-0.4, -0.2) is 26.8 Å². The third-order valence-electron chi connectivity index (χ3n) is 4.00. The fraction of sp³-hybridized carbons (Fsp3) is 0.375. The number of hydrogen-bond donors (Lipinski definition) is 3. The van der Waals surface area contributed by atoms with Crippen LogP contribution in [0.4, 0.5) is 5.69 Å². The highest BCUT2D eigenvalue weighted by molar-refractivity contribution is 5.92. The number of carbonyl (C=O) groups is 1. The summed E-state index contributed by atoms with van der Waals surface area (Å²) in [5, 5.41) is 19.8. The zero-order valence-electron chi connectivity index (χ0n) is 11.8. The van der Waals surface area contributed by atoms with Crippen LogP contribution in [0.3, 0.4) is 0 Å². The predicted molar refractivity (Wildman–Crippen MR) is 80.7 cm³/mol. The van der Waals surface area contributed by atoms with Crippen LogP contribution >= 0.6 is 0 Å². The van der Waals surface area contributed by atoms with Gasteiger partial charge in [-0.05, 0) is 30.5 Å². The lowest BCUT2D eigenvalue weighted by molar-refractivity contribution is -0.120. The number of hydrogen-bond acceptors (Lipinski definition) is 3. The molecule has 1 aliphatic carbocycles. The molecule has 5 nitrogen and oxygen atoms in total. The molecule has 0 spiro atoms. The lowest BCUT2D eigenvalue weighted by Crippen LogP contribution is -2.30. The highest BCUT2D eigenvalue weighted by Gasteiger charge is 2.33. The molecule has 1 aromatic heterocycles. The highest BCUT2D eigenvalue weighted by Crippen LogP contribution is 2.32. The van der Waals surface area contributed by atoms with Crippen molar-refractivity contribution in [3.63, 3.8) is 0 Å². The van der Waals surface area contributed by atoms with Gasteiger partial charge in [0, 0.05) is 17.4 Å². The molecule has 3 rings (SSSR count). The smallest absolute Gasteiger partial charge is 0.227 e. The molecule has 0 aliphatic heterocycles. The van der Waals surface area contributed by atoms with E-state index in [-0.39, 0.29) is 12.3 Å². The third-order valence-corrected chi connectivity index (χ3v) is 4.00. The molecule has 5 heteroatoms. The zero-order valence-corrected chi connectivity index (χ0v) is 11.8. The van der Waals surface area contributed by atoms with Gasteiger partial charge in [-0.25, -0.2) is 0 Å². The van der Waals surface area contributed by atoms with Crippen LogP contribution in [-0.2, 0) is 4.79 Å². The quantitative estimate of drug-likeness (QED) is 0.808. The number of nitrogens with one attached hydrogen (secondary N) is 2. The fourth-order valence-corrected chi connectivity index (χ4v) is 2.90. The average Bonchev–Trinajstić information content (AvgIpc) is 3.10. The summed E-state index contributed by atoms with van der Waals surface area (Å²) in [5.41, 5.74) is 1.88. The van der Waals surface area contributed by atoms with E-state index in [9.17, 15) is 9.90 Å². The summed E-state index contributed by atoms with van der Waals surface area (Å²) in [4.78, 5) is 12.1. The Labute approximate surface area is 123 Å². The molecule has 1 fully saturated rings. The van der Waals surface area contributed by atoms with Gasteiger partial charge in [-0.15, -0.1) is 0 Å². The van der Waals surface area contributed by atoms with E-state index >= 15 is 0 Å². The van der Waals surface area contributed by atoms with Gasteiger partial charge in [-0.2, -0.15) is 5.10 Å². The second kappa shape index (κ2) is 5.69. The summed E-state index contributed by atoms with van der Waals surface area (Å²) < 4.78 is 0. The molecule has 1 saturated carbocycles. The first kappa shape index (κ1) is 13.8. The summed E-state index contributed by atoms with van der Waals surface area (Å²) in [6.07, 6.45) is 7.15. The number of aliphatic hydroxyl groups is 1. The van der Waals surface area contributed by atoms with E-state index in [1.807, 2.05) is 30.5 Å². The Morgan fingerprint density at radius 3 is 2.86 bits per heavy atom. The van der Waals surface area contributed by atoms with Gasteiger partial charge in [-0.3, -0.25) is 9.89 Å². The number of aromatic amines is 1. The van der Waals surface area contributed by atoms with Crippen LogP contribution in [0, 0.1) is 0 Å². The number of nitrogens with zero attached hydrogens (tertiary/aromatic N) is 1. The molecular formula is C16H19N3O2. The van der Waals surface area contributed by atoms with E-state index in [1.54, 1.807) is 6.20 Å². The predicted octanol–water partition coefficient (Wildman–Crippen LogP) is 2.71. The summed E-state index contributed by atoms with van der Waals surface area (Å²) in [5.74, 6) is -0.135. The molecule has 0 unspecified atom stereocenters. The molecule has 110 valence electrons. The van der Waals surface area contributed by atoms with Crippen molar-refractivity contribution >= 4 is 11.6 Å². The van der Waals surface area contributed by atoms with Gasteiger partial charge in [0.15, 0.2) is 0 Å². The molecule has 21 heavy (non-hydrogen) atoms. The fourth-order valence-electron chi connectivity index (χ4n) is 2.90. The Bertz CT molecular complexity index is 616. The van der Waals surface area contributed by atoms with E-state index < -0.39 is 5.60 Å². The maximum absolute atomic E-state index is 12.1. The average molecular weight is 285 g/mol. The summed E-state index contributed by atoms with van der Waals surface area (Å²) in [7, 11) is 0. The standard InChI is InChI=1S/C16H19N3O2/c20-15(9-16(21)6-1-2-7-16)19-14-5-3-4-12(8-14)13-10-17-18-11-13/h3-5,8,10-11,21H,1-2,6-7,9H2,(H,17,18)(H,19,20). The number of anilines is 1. The molecule has 1 heterocycles. The van der Waals surface area contributed by atoms with E-state index in [0.717, 1.165) is 42.5 Å². The number of benzene rings is 1. The van der Waals surface area contributed by atoms with E-state index in [0.29, 0.717) is 0 Å². The van der Waals surface area contributed by atoms with Gasteiger partial charge in [0.2, 0.25) is 5.91 Å². The Balaban J connectivity index is 1.67. The molecular weight excluding hydrogens is 266 g/mol. The number of amides is 1. The summed E-state index contributed by atoms with van der Waals surface area (Å²) in [6.45, 7) is 0. The first-order chi connectivity index (χ1) is 10.1. The van der Waals surface area contributed by atoms with E-state index in [2.05, 4.69) is 15.5 Å².